The molecule has 0 aromatic heterocycles. The van der Waals surface area contributed by atoms with Crippen LogP contribution in [0, 0.1) is 5.82 Å². The third-order valence-electron chi connectivity index (χ3n) is 2.27. The standard InChI is InChI=1S/C13H9BrFNO2/c14-11-6-5-10(7-12(11)15)18-9-3-1-8(2-4-9)13(16)17/h1-7H,(H2,16,17). The summed E-state index contributed by atoms with van der Waals surface area (Å²) in [5.74, 6) is -0.0262. The lowest BCUT2D eigenvalue weighted by Crippen LogP contribution is -2.10. The average molecular weight is 310 g/mol. The van der Waals surface area contributed by atoms with Crippen molar-refractivity contribution in [2.75, 3.05) is 0 Å². The first kappa shape index (κ1) is 12.6. The minimum Gasteiger partial charge on any atom is -0.457 e. The highest BCUT2D eigenvalue weighted by Gasteiger charge is 2.04. The number of carbonyl (C=O) groups is 1. The lowest BCUT2D eigenvalue weighted by atomic mass is 10.2. The van der Waals surface area contributed by atoms with Crippen LogP contribution >= 0.6 is 15.9 Å². The second-order valence-corrected chi connectivity index (χ2v) is 4.42. The Kier molecular flexibility index (Phi) is 3.62. The van der Waals surface area contributed by atoms with Crippen molar-refractivity contribution in [1.82, 2.24) is 0 Å². The number of primary amides is 1. The fourth-order valence-corrected chi connectivity index (χ4v) is 1.61. The molecule has 92 valence electrons. The lowest BCUT2D eigenvalue weighted by Gasteiger charge is -2.06. The van der Waals surface area contributed by atoms with E-state index in [4.69, 9.17) is 10.5 Å². The van der Waals surface area contributed by atoms with Gasteiger partial charge in [0.2, 0.25) is 5.91 Å². The Labute approximate surface area is 112 Å². The number of amides is 1. The van der Waals surface area contributed by atoms with Crippen LogP contribution in [0.4, 0.5) is 4.39 Å². The zero-order valence-corrected chi connectivity index (χ0v) is 10.8. The number of carbonyl (C=O) groups excluding carboxylic acids is 1. The zero-order chi connectivity index (χ0) is 13.1. The smallest absolute Gasteiger partial charge is 0.248 e. The second-order valence-electron chi connectivity index (χ2n) is 3.57. The van der Waals surface area contributed by atoms with Gasteiger partial charge in [-0.15, -0.1) is 0 Å². The molecule has 0 heterocycles. The average Bonchev–Trinajstić information content (AvgIpc) is 2.34. The number of hydrogen-bond acceptors (Lipinski definition) is 2. The maximum absolute atomic E-state index is 13.3. The quantitative estimate of drug-likeness (QED) is 0.943. The summed E-state index contributed by atoms with van der Waals surface area (Å²) in [7, 11) is 0. The molecule has 0 saturated carbocycles. The van der Waals surface area contributed by atoms with E-state index in [9.17, 15) is 9.18 Å². The van der Waals surface area contributed by atoms with Crippen LogP contribution in [0.25, 0.3) is 0 Å². The van der Waals surface area contributed by atoms with Crippen molar-refractivity contribution in [2.45, 2.75) is 0 Å². The first-order valence-electron chi connectivity index (χ1n) is 5.09. The maximum Gasteiger partial charge on any atom is 0.248 e. The molecule has 5 heteroatoms. The summed E-state index contributed by atoms with van der Waals surface area (Å²) in [5, 5.41) is 0. The van der Waals surface area contributed by atoms with Crippen molar-refractivity contribution in [2.24, 2.45) is 5.73 Å². The molecule has 0 aliphatic rings. The molecule has 3 nitrogen and oxygen atoms in total. The predicted molar refractivity (Wildman–Crippen MR) is 69.1 cm³/mol. The van der Waals surface area contributed by atoms with Gasteiger partial charge in [-0.05, 0) is 52.3 Å². The minimum atomic E-state index is -0.503. The van der Waals surface area contributed by atoms with Gasteiger partial charge in [-0.2, -0.15) is 0 Å². The third-order valence-corrected chi connectivity index (χ3v) is 2.91. The Bertz CT molecular complexity index is 584. The molecule has 2 rings (SSSR count). The van der Waals surface area contributed by atoms with E-state index < -0.39 is 11.7 Å². The van der Waals surface area contributed by atoms with E-state index >= 15 is 0 Å². The molecule has 2 N–H and O–H groups in total. The van der Waals surface area contributed by atoms with Crippen LogP contribution in [-0.4, -0.2) is 5.91 Å². The number of benzene rings is 2. The monoisotopic (exact) mass is 309 g/mol. The van der Waals surface area contributed by atoms with Gasteiger partial charge in [0.25, 0.3) is 0 Å². The molecule has 1 amide bonds. The van der Waals surface area contributed by atoms with Gasteiger partial charge in [0.1, 0.15) is 17.3 Å². The van der Waals surface area contributed by atoms with E-state index in [0.29, 0.717) is 21.5 Å². The Morgan fingerprint density at radius 3 is 2.28 bits per heavy atom. The Hall–Kier alpha value is -1.88. The molecule has 0 radical (unpaired) electrons. The molecule has 0 fully saturated rings. The number of halogens is 2. The normalized spacial score (nSPS) is 10.1. The van der Waals surface area contributed by atoms with E-state index in [1.165, 1.54) is 6.07 Å². The number of hydrogen-bond donors (Lipinski definition) is 1. The van der Waals surface area contributed by atoms with E-state index in [1.807, 2.05) is 0 Å². The first-order valence-corrected chi connectivity index (χ1v) is 5.88. The van der Waals surface area contributed by atoms with E-state index in [-0.39, 0.29) is 0 Å². The van der Waals surface area contributed by atoms with Crippen LogP contribution in [0.2, 0.25) is 0 Å². The van der Waals surface area contributed by atoms with Crippen molar-refractivity contribution < 1.29 is 13.9 Å². The Morgan fingerprint density at radius 1 is 1.11 bits per heavy atom. The summed E-state index contributed by atoms with van der Waals surface area (Å²) in [6.07, 6.45) is 0. The minimum absolute atomic E-state index is 0.374. The molecule has 0 spiro atoms. The van der Waals surface area contributed by atoms with E-state index in [2.05, 4.69) is 15.9 Å². The molecule has 0 aliphatic heterocycles. The predicted octanol–water partition coefficient (Wildman–Crippen LogP) is 3.48. The SMILES string of the molecule is NC(=O)c1ccc(Oc2ccc(Br)c(F)c2)cc1. The van der Waals surface area contributed by atoms with Crippen molar-refractivity contribution in [3.8, 4) is 11.5 Å². The number of rotatable bonds is 3. The molecule has 0 unspecified atom stereocenters. The van der Waals surface area contributed by atoms with Gasteiger partial charge >= 0.3 is 0 Å². The molecular weight excluding hydrogens is 301 g/mol. The highest BCUT2D eigenvalue weighted by atomic mass is 79.9. The van der Waals surface area contributed by atoms with Crippen LogP contribution in [-0.2, 0) is 0 Å². The zero-order valence-electron chi connectivity index (χ0n) is 9.19. The van der Waals surface area contributed by atoms with Gasteiger partial charge in [0.15, 0.2) is 0 Å². The first-order chi connectivity index (χ1) is 8.56. The molecule has 2 aromatic rings. The topological polar surface area (TPSA) is 52.3 Å². The summed E-state index contributed by atoms with van der Waals surface area (Å²) in [5.41, 5.74) is 5.51. The van der Waals surface area contributed by atoms with Crippen molar-refractivity contribution >= 4 is 21.8 Å². The lowest BCUT2D eigenvalue weighted by molar-refractivity contribution is 0.100. The van der Waals surface area contributed by atoms with Gasteiger partial charge in [0, 0.05) is 11.6 Å². The van der Waals surface area contributed by atoms with Crippen molar-refractivity contribution in [1.29, 1.82) is 0 Å². The maximum atomic E-state index is 13.3. The van der Waals surface area contributed by atoms with E-state index in [0.717, 1.165) is 0 Å². The highest BCUT2D eigenvalue weighted by Crippen LogP contribution is 2.25. The number of nitrogens with two attached hydrogens (primary N) is 1. The molecule has 2 aromatic carbocycles. The van der Waals surface area contributed by atoms with Crippen LogP contribution in [0.3, 0.4) is 0 Å². The summed E-state index contributed by atoms with van der Waals surface area (Å²) < 4.78 is 19.1. The van der Waals surface area contributed by atoms with Crippen LogP contribution in [0.15, 0.2) is 46.9 Å². The van der Waals surface area contributed by atoms with Crippen LogP contribution < -0.4 is 10.5 Å². The summed E-state index contributed by atoms with van der Waals surface area (Å²) >= 11 is 3.06. The van der Waals surface area contributed by atoms with Gasteiger partial charge in [-0.25, -0.2) is 4.39 Å². The highest BCUT2D eigenvalue weighted by molar-refractivity contribution is 9.10. The van der Waals surface area contributed by atoms with Gasteiger partial charge in [-0.1, -0.05) is 0 Å². The fourth-order valence-electron chi connectivity index (χ4n) is 1.36. The summed E-state index contributed by atoms with van der Waals surface area (Å²) in [6, 6.07) is 10.8. The van der Waals surface area contributed by atoms with Crippen molar-refractivity contribution in [3.05, 3.63) is 58.3 Å². The third kappa shape index (κ3) is 2.87. The van der Waals surface area contributed by atoms with Crippen LogP contribution in [0.5, 0.6) is 11.5 Å². The summed E-state index contributed by atoms with van der Waals surface area (Å²) in [4.78, 5) is 10.9. The Balaban J connectivity index is 2.18. The molecule has 0 saturated heterocycles. The van der Waals surface area contributed by atoms with Gasteiger partial charge in [0.05, 0.1) is 4.47 Å². The fraction of sp³-hybridized carbons (Fsp3) is 0. The number of ether oxygens (including phenoxy) is 1. The largest absolute Gasteiger partial charge is 0.457 e. The molecular formula is C13H9BrFNO2. The Morgan fingerprint density at radius 2 is 1.72 bits per heavy atom. The van der Waals surface area contributed by atoms with Crippen molar-refractivity contribution in [3.63, 3.8) is 0 Å². The molecule has 0 bridgehead atoms. The second kappa shape index (κ2) is 5.18. The van der Waals surface area contributed by atoms with Gasteiger partial charge in [-0.3, -0.25) is 4.79 Å². The molecule has 18 heavy (non-hydrogen) atoms. The summed E-state index contributed by atoms with van der Waals surface area (Å²) in [6.45, 7) is 0. The molecule has 0 aliphatic carbocycles. The van der Waals surface area contributed by atoms with E-state index in [1.54, 1.807) is 36.4 Å². The van der Waals surface area contributed by atoms with Crippen LogP contribution in [0.1, 0.15) is 10.4 Å². The molecule has 0 atom stereocenters. The van der Waals surface area contributed by atoms with Gasteiger partial charge < -0.3 is 10.5 Å².